The van der Waals surface area contributed by atoms with E-state index < -0.39 is 10.8 Å². The number of ketones is 1. The maximum absolute atomic E-state index is 14.6. The van der Waals surface area contributed by atoms with E-state index in [9.17, 15) is 20.0 Å². The minimum absolute atomic E-state index is 0.0239. The number of ether oxygens (including phenoxy) is 1. The third-order valence-corrected chi connectivity index (χ3v) is 12.7. The van der Waals surface area contributed by atoms with Crippen LogP contribution in [0.5, 0.6) is 0 Å². The summed E-state index contributed by atoms with van der Waals surface area (Å²) < 4.78 is 5.98. The van der Waals surface area contributed by atoms with E-state index >= 15 is 0 Å². The maximum Gasteiger partial charge on any atom is 0.226 e. The van der Waals surface area contributed by atoms with Gasteiger partial charge in [0.1, 0.15) is 0 Å². The van der Waals surface area contributed by atoms with Crippen molar-refractivity contribution < 1.29 is 19.4 Å². The number of carbonyl (C=O) groups is 2. The number of nitrogens with one attached hydrogen (secondary N) is 1. The SMILES string of the molecule is CC1(C)CC[C@]2(C(=O)NCCO)CC[C@]3(C)C(C(=O)C=C4[C@@]5(C)/C=C(/C#N)COCC(C)(C)[C@@H]5CC[C@]43C)C2C1. The Bertz CT molecular complexity index is 1190. The number of hydrogen-bond donors (Lipinski definition) is 2. The molecule has 0 bridgehead atoms. The van der Waals surface area contributed by atoms with E-state index in [1.54, 1.807) is 0 Å². The molecule has 5 aliphatic rings. The number of aliphatic hydroxyl groups is 1. The van der Waals surface area contributed by atoms with Crippen LogP contribution in [0.3, 0.4) is 0 Å². The summed E-state index contributed by atoms with van der Waals surface area (Å²) in [5, 5.41) is 22.4. The van der Waals surface area contributed by atoms with Crippen LogP contribution in [0.15, 0.2) is 23.3 Å². The monoisotopic (exact) mass is 550 g/mol. The first-order valence-corrected chi connectivity index (χ1v) is 15.5. The smallest absolute Gasteiger partial charge is 0.226 e. The van der Waals surface area contributed by atoms with Crippen LogP contribution in [0.4, 0.5) is 0 Å². The van der Waals surface area contributed by atoms with Crippen LogP contribution in [0.1, 0.15) is 93.4 Å². The number of carbonyl (C=O) groups excluding carboxylic acids is 2. The highest BCUT2D eigenvalue weighted by molar-refractivity contribution is 5.96. The lowest BCUT2D eigenvalue weighted by Gasteiger charge is -2.68. The predicted molar refractivity (Wildman–Crippen MR) is 155 cm³/mol. The molecule has 0 aromatic rings. The van der Waals surface area contributed by atoms with E-state index in [-0.39, 0.29) is 64.3 Å². The van der Waals surface area contributed by atoms with Gasteiger partial charge < -0.3 is 15.2 Å². The molecule has 5 rings (SSSR count). The number of amides is 1. The normalized spacial score (nSPS) is 45.0. The first-order valence-electron chi connectivity index (χ1n) is 15.5. The Morgan fingerprint density at radius 2 is 1.80 bits per heavy atom. The van der Waals surface area contributed by atoms with Gasteiger partial charge in [-0.2, -0.15) is 5.26 Å². The lowest BCUT2D eigenvalue weighted by molar-refractivity contribution is -0.178. The quantitative estimate of drug-likeness (QED) is 0.465. The molecule has 0 radical (unpaired) electrons. The molecule has 6 heteroatoms. The fourth-order valence-corrected chi connectivity index (χ4v) is 10.5. The molecule has 0 aromatic heterocycles. The summed E-state index contributed by atoms with van der Waals surface area (Å²) in [6.07, 6.45) is 10.3. The van der Waals surface area contributed by atoms with Crippen LogP contribution in [-0.2, 0) is 14.3 Å². The van der Waals surface area contributed by atoms with Crippen molar-refractivity contribution in [2.45, 2.75) is 93.4 Å². The van der Waals surface area contributed by atoms with Gasteiger partial charge in [-0.25, -0.2) is 0 Å². The van der Waals surface area contributed by atoms with E-state index in [2.05, 4.69) is 65.9 Å². The third-order valence-electron chi connectivity index (χ3n) is 12.7. The molecule has 3 saturated carbocycles. The van der Waals surface area contributed by atoms with E-state index in [0.29, 0.717) is 18.8 Å². The second kappa shape index (κ2) is 9.53. The van der Waals surface area contributed by atoms with Crippen molar-refractivity contribution in [3.63, 3.8) is 0 Å². The average Bonchev–Trinajstić information content (AvgIpc) is 2.87. The van der Waals surface area contributed by atoms with Crippen molar-refractivity contribution in [3.05, 3.63) is 23.3 Å². The van der Waals surface area contributed by atoms with Crippen LogP contribution < -0.4 is 5.32 Å². The molecule has 3 fully saturated rings. The maximum atomic E-state index is 14.6. The summed E-state index contributed by atoms with van der Waals surface area (Å²) in [5.41, 5.74) is 0.292. The number of allylic oxidation sites excluding steroid dienone is 3. The summed E-state index contributed by atoms with van der Waals surface area (Å²) in [7, 11) is 0. The van der Waals surface area contributed by atoms with Crippen LogP contribution in [-0.4, -0.2) is 43.2 Å². The summed E-state index contributed by atoms with van der Waals surface area (Å²) in [4.78, 5) is 28.4. The van der Waals surface area contributed by atoms with E-state index in [4.69, 9.17) is 4.74 Å². The Kier molecular flexibility index (Phi) is 7.03. The largest absolute Gasteiger partial charge is 0.395 e. The van der Waals surface area contributed by atoms with Gasteiger partial charge in [0.25, 0.3) is 0 Å². The lowest BCUT2D eigenvalue weighted by atomic mass is 9.34. The Morgan fingerprint density at radius 3 is 2.48 bits per heavy atom. The number of fused-ring (bicyclic) bond motifs is 7. The second-order valence-electron chi connectivity index (χ2n) is 15.9. The van der Waals surface area contributed by atoms with Crippen molar-refractivity contribution in [2.24, 2.45) is 50.2 Å². The number of rotatable bonds is 3. The summed E-state index contributed by atoms with van der Waals surface area (Å²) in [6.45, 7) is 17.2. The Hall–Kier alpha value is -1.97. The molecule has 7 atom stereocenters. The molecule has 1 heterocycles. The molecule has 0 aromatic carbocycles. The molecule has 2 unspecified atom stereocenters. The van der Waals surface area contributed by atoms with Crippen molar-refractivity contribution in [1.29, 1.82) is 5.26 Å². The summed E-state index contributed by atoms with van der Waals surface area (Å²) in [5.74, 6) is 0.182. The third kappa shape index (κ3) is 4.09. The minimum atomic E-state index is -0.569. The Morgan fingerprint density at radius 1 is 1.10 bits per heavy atom. The summed E-state index contributed by atoms with van der Waals surface area (Å²) in [6, 6.07) is 2.38. The molecule has 4 aliphatic carbocycles. The molecule has 0 saturated heterocycles. The van der Waals surface area contributed by atoms with Gasteiger partial charge in [-0.3, -0.25) is 9.59 Å². The molecular formula is C34H50N2O4. The van der Waals surface area contributed by atoms with Crippen LogP contribution in [0.25, 0.3) is 0 Å². The topological polar surface area (TPSA) is 99.4 Å². The van der Waals surface area contributed by atoms with Gasteiger partial charge in [-0.15, -0.1) is 0 Å². The van der Waals surface area contributed by atoms with E-state index in [1.165, 1.54) is 5.57 Å². The van der Waals surface area contributed by atoms with Crippen molar-refractivity contribution in [2.75, 3.05) is 26.4 Å². The van der Waals surface area contributed by atoms with Crippen molar-refractivity contribution >= 4 is 11.7 Å². The highest BCUT2D eigenvalue weighted by Crippen LogP contribution is 2.74. The molecular weight excluding hydrogens is 500 g/mol. The van der Waals surface area contributed by atoms with E-state index in [0.717, 1.165) is 44.9 Å². The van der Waals surface area contributed by atoms with Gasteiger partial charge in [0.2, 0.25) is 5.91 Å². The molecule has 1 aliphatic heterocycles. The van der Waals surface area contributed by atoms with Gasteiger partial charge in [-0.05, 0) is 84.5 Å². The number of hydrogen-bond acceptors (Lipinski definition) is 5. The summed E-state index contributed by atoms with van der Waals surface area (Å²) >= 11 is 0. The fourth-order valence-electron chi connectivity index (χ4n) is 10.5. The first kappa shape index (κ1) is 29.5. The fraction of sp³-hybridized carbons (Fsp3) is 0.794. The number of aliphatic hydroxyl groups excluding tert-OH is 1. The second-order valence-corrected chi connectivity index (χ2v) is 15.9. The standard InChI is InChI=1S/C34H50N2O4/c1-29(2)10-12-34(28(39)36-14-15-37)13-11-33(7)27(23(34)18-29)24(38)16-26-31(5)17-22(19-35)20-40-21-30(3,4)25(31)8-9-32(26,33)6/h16-17,23,25,27,37H,8-15,18,20-21H2,1-7H3,(H,36,39)/b22-17-/t23?,25-,27?,31-,32+,33+,34-/m0/s1. The molecule has 2 N–H and O–H groups in total. The number of nitrogens with zero attached hydrogens (tertiary/aromatic N) is 1. The minimum Gasteiger partial charge on any atom is -0.395 e. The highest BCUT2D eigenvalue weighted by atomic mass is 16.5. The molecule has 220 valence electrons. The predicted octanol–water partition coefficient (Wildman–Crippen LogP) is 5.76. The van der Waals surface area contributed by atoms with Crippen LogP contribution in [0.2, 0.25) is 0 Å². The number of nitriles is 1. The Labute approximate surface area is 241 Å². The van der Waals surface area contributed by atoms with Gasteiger partial charge in [0.15, 0.2) is 5.78 Å². The van der Waals surface area contributed by atoms with Gasteiger partial charge >= 0.3 is 0 Å². The zero-order chi connectivity index (χ0) is 29.4. The lowest BCUT2D eigenvalue weighted by Crippen LogP contribution is -2.66. The van der Waals surface area contributed by atoms with Gasteiger partial charge in [0.05, 0.1) is 36.9 Å². The van der Waals surface area contributed by atoms with Gasteiger partial charge in [0, 0.05) is 17.9 Å². The van der Waals surface area contributed by atoms with Crippen LogP contribution in [0, 0.1) is 61.6 Å². The van der Waals surface area contributed by atoms with Crippen molar-refractivity contribution in [1.82, 2.24) is 5.32 Å². The highest BCUT2D eigenvalue weighted by Gasteiger charge is 2.70. The van der Waals surface area contributed by atoms with Gasteiger partial charge in [-0.1, -0.05) is 60.1 Å². The molecule has 40 heavy (non-hydrogen) atoms. The zero-order valence-electron chi connectivity index (χ0n) is 25.8. The average molecular weight is 551 g/mol. The molecule has 1 amide bonds. The van der Waals surface area contributed by atoms with Crippen LogP contribution >= 0.6 is 0 Å². The van der Waals surface area contributed by atoms with Crippen molar-refractivity contribution in [3.8, 4) is 6.07 Å². The van der Waals surface area contributed by atoms with E-state index in [1.807, 2.05) is 6.08 Å². The first-order chi connectivity index (χ1) is 18.6. The Balaban J connectivity index is 1.67. The zero-order valence-corrected chi connectivity index (χ0v) is 25.8. The molecule has 6 nitrogen and oxygen atoms in total. The molecule has 0 spiro atoms.